The molecule has 0 aromatic heterocycles. The number of aryl methyl sites for hydroxylation is 1. The average molecular weight is 326 g/mol. The van der Waals surface area contributed by atoms with Gasteiger partial charge < -0.3 is 14.9 Å². The van der Waals surface area contributed by atoms with Crippen LogP contribution in [0, 0.1) is 0 Å². The van der Waals surface area contributed by atoms with Crippen molar-refractivity contribution in [2.45, 2.75) is 25.4 Å². The summed E-state index contributed by atoms with van der Waals surface area (Å²) in [5, 5.41) is 18.5. The molecule has 0 aliphatic rings. The van der Waals surface area contributed by atoms with Gasteiger partial charge in [0.2, 0.25) is 0 Å². The van der Waals surface area contributed by atoms with E-state index in [1.54, 1.807) is 55.7 Å². The molecule has 0 spiro atoms. The Labute approximate surface area is 142 Å². The first kappa shape index (κ1) is 17.8. The molecule has 0 fully saturated rings. The number of benzene rings is 2. The predicted molar refractivity (Wildman–Crippen MR) is 94.0 cm³/mol. The number of allylic oxidation sites excluding steroid dienone is 1. The molecule has 126 valence electrons. The fourth-order valence-electron chi connectivity index (χ4n) is 2.36. The molecule has 4 heteroatoms. The fourth-order valence-corrected chi connectivity index (χ4v) is 2.36. The first-order chi connectivity index (χ1) is 11.6. The number of ether oxygens (including phenoxy) is 1. The molecule has 2 N–H and O–H groups in total. The van der Waals surface area contributed by atoms with Gasteiger partial charge in [-0.15, -0.1) is 0 Å². The number of hydrogen-bond donors (Lipinski definition) is 2. The molecule has 0 heterocycles. The van der Waals surface area contributed by atoms with Crippen molar-refractivity contribution >= 4 is 11.9 Å². The summed E-state index contributed by atoms with van der Waals surface area (Å²) in [4.78, 5) is 12.1. The second kappa shape index (κ2) is 8.89. The molecule has 0 aliphatic heterocycles. The SMILES string of the molecule is CO[C@@H](CCc1ccc(O)cc1)CC(=O)/C=C/c1ccc(O)cc1. The van der Waals surface area contributed by atoms with E-state index in [1.807, 2.05) is 12.1 Å². The van der Waals surface area contributed by atoms with Crippen LogP contribution in [0.2, 0.25) is 0 Å². The van der Waals surface area contributed by atoms with E-state index >= 15 is 0 Å². The first-order valence-corrected chi connectivity index (χ1v) is 7.87. The number of methoxy groups -OCH3 is 1. The van der Waals surface area contributed by atoms with E-state index in [-0.39, 0.29) is 23.4 Å². The van der Waals surface area contributed by atoms with E-state index in [0.717, 1.165) is 24.0 Å². The Balaban J connectivity index is 1.83. The van der Waals surface area contributed by atoms with Crippen LogP contribution >= 0.6 is 0 Å². The molecule has 0 amide bonds. The molecule has 0 unspecified atom stereocenters. The zero-order valence-corrected chi connectivity index (χ0v) is 13.7. The molecule has 2 rings (SSSR count). The van der Waals surface area contributed by atoms with Gasteiger partial charge in [-0.3, -0.25) is 4.79 Å². The Morgan fingerprint density at radius 2 is 1.62 bits per heavy atom. The molecule has 0 bridgehead atoms. The normalized spacial score (nSPS) is 12.4. The average Bonchev–Trinajstić information content (AvgIpc) is 2.59. The Bertz CT molecular complexity index is 672. The van der Waals surface area contributed by atoms with Crippen LogP contribution in [-0.2, 0) is 16.0 Å². The van der Waals surface area contributed by atoms with Crippen molar-refractivity contribution in [1.29, 1.82) is 0 Å². The predicted octanol–water partition coefficient (Wildman–Crippen LogP) is 3.72. The van der Waals surface area contributed by atoms with Crippen LogP contribution in [0.4, 0.5) is 0 Å². The summed E-state index contributed by atoms with van der Waals surface area (Å²) in [7, 11) is 1.61. The van der Waals surface area contributed by atoms with Gasteiger partial charge in [-0.2, -0.15) is 0 Å². The standard InChI is InChI=1S/C20H22O4/c1-24-20(13-7-16-4-10-18(22)11-5-16)14-19(23)12-6-15-2-8-17(21)9-3-15/h2-6,8-12,20-22H,7,13-14H2,1H3/b12-6+/t20-/m0/s1. The Morgan fingerprint density at radius 1 is 1.04 bits per heavy atom. The van der Waals surface area contributed by atoms with Crippen LogP contribution in [0.15, 0.2) is 54.6 Å². The fraction of sp³-hybridized carbons (Fsp3) is 0.250. The summed E-state index contributed by atoms with van der Waals surface area (Å²) in [6, 6.07) is 13.7. The third kappa shape index (κ3) is 5.89. The number of aromatic hydroxyl groups is 2. The lowest BCUT2D eigenvalue weighted by molar-refractivity contribution is -0.116. The number of hydrogen-bond acceptors (Lipinski definition) is 4. The largest absolute Gasteiger partial charge is 0.508 e. The van der Waals surface area contributed by atoms with Crippen LogP contribution < -0.4 is 0 Å². The highest BCUT2D eigenvalue weighted by Gasteiger charge is 2.11. The van der Waals surface area contributed by atoms with Gasteiger partial charge in [0, 0.05) is 13.5 Å². The van der Waals surface area contributed by atoms with Gasteiger partial charge in [-0.25, -0.2) is 0 Å². The molecule has 0 saturated heterocycles. The number of phenolic OH excluding ortho intramolecular Hbond substituents is 2. The van der Waals surface area contributed by atoms with Crippen LogP contribution in [0.1, 0.15) is 24.0 Å². The summed E-state index contributed by atoms with van der Waals surface area (Å²) in [5.41, 5.74) is 1.96. The van der Waals surface area contributed by atoms with Crippen molar-refractivity contribution < 1.29 is 19.7 Å². The minimum atomic E-state index is -0.143. The molecule has 2 aromatic rings. The van der Waals surface area contributed by atoms with E-state index in [4.69, 9.17) is 4.74 Å². The van der Waals surface area contributed by atoms with Gasteiger partial charge in [0.25, 0.3) is 0 Å². The van der Waals surface area contributed by atoms with Crippen molar-refractivity contribution in [2.24, 2.45) is 0 Å². The molecule has 2 aromatic carbocycles. The zero-order chi connectivity index (χ0) is 17.4. The molecule has 1 atom stereocenters. The number of carbonyl (C=O) groups is 1. The number of ketones is 1. The molecule has 0 radical (unpaired) electrons. The second-order valence-electron chi connectivity index (χ2n) is 5.66. The zero-order valence-electron chi connectivity index (χ0n) is 13.7. The van der Waals surface area contributed by atoms with E-state index in [2.05, 4.69) is 0 Å². The first-order valence-electron chi connectivity index (χ1n) is 7.87. The lowest BCUT2D eigenvalue weighted by atomic mass is 10.0. The Kier molecular flexibility index (Phi) is 6.58. The van der Waals surface area contributed by atoms with E-state index < -0.39 is 0 Å². The minimum absolute atomic E-state index is 0.000584. The maximum atomic E-state index is 12.1. The van der Waals surface area contributed by atoms with Crippen molar-refractivity contribution in [3.63, 3.8) is 0 Å². The monoisotopic (exact) mass is 326 g/mol. The molecule has 0 saturated carbocycles. The van der Waals surface area contributed by atoms with Crippen molar-refractivity contribution in [3.8, 4) is 11.5 Å². The topological polar surface area (TPSA) is 66.8 Å². The maximum Gasteiger partial charge on any atom is 0.158 e. The molecular weight excluding hydrogens is 304 g/mol. The Hall–Kier alpha value is -2.59. The molecule has 0 aliphatic carbocycles. The van der Waals surface area contributed by atoms with E-state index in [1.165, 1.54) is 0 Å². The highest BCUT2D eigenvalue weighted by Crippen LogP contribution is 2.15. The summed E-state index contributed by atoms with van der Waals surface area (Å²) < 4.78 is 5.40. The summed E-state index contributed by atoms with van der Waals surface area (Å²) in [6.07, 6.45) is 4.97. The van der Waals surface area contributed by atoms with E-state index in [9.17, 15) is 15.0 Å². The lowest BCUT2D eigenvalue weighted by Gasteiger charge is -2.13. The number of rotatable bonds is 8. The molecule has 4 nitrogen and oxygen atoms in total. The molecular formula is C20H22O4. The highest BCUT2D eigenvalue weighted by molar-refractivity contribution is 5.93. The van der Waals surface area contributed by atoms with Gasteiger partial charge in [0.05, 0.1) is 6.10 Å². The van der Waals surface area contributed by atoms with Gasteiger partial charge in [-0.1, -0.05) is 30.3 Å². The molecule has 24 heavy (non-hydrogen) atoms. The summed E-state index contributed by atoms with van der Waals surface area (Å²) in [5.74, 6) is 0.448. The van der Waals surface area contributed by atoms with Crippen LogP contribution in [-0.4, -0.2) is 29.2 Å². The van der Waals surface area contributed by atoms with E-state index in [0.29, 0.717) is 6.42 Å². The van der Waals surface area contributed by atoms with Gasteiger partial charge in [0.1, 0.15) is 11.5 Å². The van der Waals surface area contributed by atoms with Crippen LogP contribution in [0.3, 0.4) is 0 Å². The van der Waals surface area contributed by atoms with Crippen molar-refractivity contribution in [1.82, 2.24) is 0 Å². The third-order valence-electron chi connectivity index (χ3n) is 3.81. The van der Waals surface area contributed by atoms with Crippen molar-refractivity contribution in [3.05, 3.63) is 65.7 Å². The van der Waals surface area contributed by atoms with Crippen LogP contribution in [0.5, 0.6) is 11.5 Å². The lowest BCUT2D eigenvalue weighted by Crippen LogP contribution is -2.16. The number of carbonyl (C=O) groups excluding carboxylic acids is 1. The summed E-state index contributed by atoms with van der Waals surface area (Å²) >= 11 is 0. The van der Waals surface area contributed by atoms with Crippen molar-refractivity contribution in [2.75, 3.05) is 7.11 Å². The quantitative estimate of drug-likeness (QED) is 0.726. The Morgan fingerprint density at radius 3 is 2.21 bits per heavy atom. The minimum Gasteiger partial charge on any atom is -0.508 e. The second-order valence-corrected chi connectivity index (χ2v) is 5.66. The highest BCUT2D eigenvalue weighted by atomic mass is 16.5. The van der Waals surface area contributed by atoms with Gasteiger partial charge in [0.15, 0.2) is 5.78 Å². The van der Waals surface area contributed by atoms with Gasteiger partial charge >= 0.3 is 0 Å². The van der Waals surface area contributed by atoms with Gasteiger partial charge in [-0.05, 0) is 54.3 Å². The maximum absolute atomic E-state index is 12.1. The number of phenols is 2. The van der Waals surface area contributed by atoms with Crippen LogP contribution in [0.25, 0.3) is 6.08 Å². The smallest absolute Gasteiger partial charge is 0.158 e. The summed E-state index contributed by atoms with van der Waals surface area (Å²) in [6.45, 7) is 0. The third-order valence-corrected chi connectivity index (χ3v) is 3.81.